The molecule has 0 saturated heterocycles. The van der Waals surface area contributed by atoms with Gasteiger partial charge in [-0.05, 0) is 249 Å². The smallest absolute Gasteiger partial charge is 0.159 e. The lowest BCUT2D eigenvalue weighted by atomic mass is 9.66. The Bertz CT molecular complexity index is 10000. The summed E-state index contributed by atoms with van der Waals surface area (Å²) in [6.45, 7) is 0. The quantitative estimate of drug-likeness (QED) is 0.165. The zero-order valence-corrected chi connectivity index (χ0v) is 79.0. The monoisotopic (exact) mass is 1870 g/mol. The third-order valence-electron chi connectivity index (χ3n) is 33.1. The van der Waals surface area contributed by atoms with Crippen LogP contribution in [0.5, 0.6) is 23.0 Å². The number of para-hydroxylation sites is 7. The number of hydrogen-bond donors (Lipinski definition) is 0. The molecule has 2 aliphatic heterocycles. The standard InChI is InChI=1S/2C68H39NO2S/c1-6-22-49-41(17-1)42-18-2-7-23-50(42)67(49)52-25-9-4-21-46(52)65-55(67)28-15-29-57(65)69(40-35-36-45-44-20-5-12-31-59(44)70-62(45)37-40)58-30-16-34-63-66(58)48-38-47-43-19-3-8-24-51(43)68(56(47)39-64(48)72-63)53-26-10-13-32-60(53)71-61-33-14-11-27-54(61)68;1-6-23-50-41(17-1)42-18-2-7-24-51(42)67(50)52-25-8-3-19-43(52)45-36-35-40(37-56(45)67)69(59-30-15-22-47-46-21-5-12-31-60(46)71-66(47)59)58-29-16-34-63-65(58)49-38-48-44-20-4-9-26-53(44)68(57(48)39-64(49)72-63)54-27-10-13-32-61(54)70-62-33-14-11-28-55(62)68/h2*1-39H. The van der Waals surface area contributed by atoms with Gasteiger partial charge >= 0.3 is 0 Å². The third kappa shape index (κ3) is 9.98. The largest absolute Gasteiger partial charge is 0.457 e. The Kier molecular flexibility index (Phi) is 15.8. The fourth-order valence-electron chi connectivity index (χ4n) is 27.8. The summed E-state index contributed by atoms with van der Waals surface area (Å²) in [5.41, 5.74) is 43.5. The fourth-order valence-corrected chi connectivity index (χ4v) is 30.1. The molecule has 0 amide bonds. The average molecular weight is 1870 g/mol. The van der Waals surface area contributed by atoms with E-state index >= 15 is 0 Å². The predicted octanol–water partition coefficient (Wildman–Crippen LogP) is 36.5. The average Bonchev–Trinajstić information content (AvgIpc) is 1.50. The minimum atomic E-state index is -0.553. The Labute approximate surface area is 836 Å². The van der Waals surface area contributed by atoms with E-state index in [2.05, 4.69) is 483 Å². The number of thiophene rings is 2. The molecule has 26 aromatic rings. The first-order chi connectivity index (χ1) is 71.4. The van der Waals surface area contributed by atoms with E-state index in [0.717, 1.165) is 101 Å². The SMILES string of the molecule is c1ccc2c(c1)Oc1ccccc1C21c2ccccc2-c2cc3c(cc21)sc1cccc(N(c2ccc4c(c2)C2(c5ccccc5-c5ccccc52)c2ccccc2-4)c2cccc4c2oc2ccccc24)c13.c1ccc2c(c1)Oc1ccccc1C21c2ccccc2-c2cc3c(cc21)sc1cccc(N(c2ccc4c(c2)oc2ccccc24)c2cccc4c2-c2ccccc2C42c4ccccc4-c4ccccc42)c13. The van der Waals surface area contributed by atoms with Crippen LogP contribution in [0.4, 0.5) is 34.1 Å². The Morgan fingerprint density at radius 1 is 0.174 bits per heavy atom. The van der Waals surface area contributed by atoms with Crippen LogP contribution >= 0.6 is 22.7 Å². The van der Waals surface area contributed by atoms with Crippen molar-refractivity contribution in [3.05, 3.63) is 562 Å². The van der Waals surface area contributed by atoms with Crippen molar-refractivity contribution in [2.45, 2.75) is 21.7 Å². The van der Waals surface area contributed by atoms with Crippen LogP contribution in [0.25, 0.3) is 151 Å². The van der Waals surface area contributed by atoms with E-state index in [1.165, 1.54) is 196 Å². The predicted molar refractivity (Wildman–Crippen MR) is 590 cm³/mol. The molecule has 8 heteroatoms. The Morgan fingerprint density at radius 2 is 0.479 bits per heavy atom. The van der Waals surface area contributed by atoms with Crippen LogP contribution < -0.4 is 19.3 Å². The molecule has 144 heavy (non-hydrogen) atoms. The third-order valence-corrected chi connectivity index (χ3v) is 35.3. The first kappa shape index (κ1) is 78.9. The van der Waals surface area contributed by atoms with Gasteiger partial charge in [-0.2, -0.15) is 0 Å². The summed E-state index contributed by atoms with van der Waals surface area (Å²) in [7, 11) is 0. The van der Waals surface area contributed by atoms with Crippen LogP contribution in [0.3, 0.4) is 0 Å². The van der Waals surface area contributed by atoms with E-state index in [9.17, 15) is 0 Å². The lowest BCUT2D eigenvalue weighted by molar-refractivity contribution is 0.436. The number of fused-ring (bicyclic) bond motifs is 50. The highest BCUT2D eigenvalue weighted by molar-refractivity contribution is 7.26. The summed E-state index contributed by atoms with van der Waals surface area (Å²) in [4.78, 5) is 5.03. The van der Waals surface area contributed by atoms with E-state index in [1.807, 2.05) is 22.7 Å². The van der Waals surface area contributed by atoms with Gasteiger partial charge in [0, 0.05) is 107 Å². The van der Waals surface area contributed by atoms with Gasteiger partial charge in [-0.15, -0.1) is 22.7 Å². The second-order valence-electron chi connectivity index (χ2n) is 39.5. The number of hydrogen-bond acceptors (Lipinski definition) is 8. The van der Waals surface area contributed by atoms with Crippen LogP contribution in [0.1, 0.15) is 89.0 Å². The minimum absolute atomic E-state index is 0.490. The number of rotatable bonds is 6. The van der Waals surface area contributed by atoms with Crippen molar-refractivity contribution in [3.63, 3.8) is 0 Å². The Morgan fingerprint density at radius 3 is 0.951 bits per heavy atom. The normalized spacial score (nSPS) is 14.4. The zero-order chi connectivity index (χ0) is 93.7. The van der Waals surface area contributed by atoms with E-state index in [0.29, 0.717) is 0 Å². The highest BCUT2D eigenvalue weighted by Crippen LogP contribution is 2.71. The Hall–Kier alpha value is -17.9. The van der Waals surface area contributed by atoms with Crippen molar-refractivity contribution in [2.75, 3.05) is 9.80 Å². The van der Waals surface area contributed by atoms with Crippen molar-refractivity contribution >= 4 is 141 Å². The summed E-state index contributed by atoms with van der Waals surface area (Å²) in [5.74, 6) is 3.60. The van der Waals surface area contributed by atoms with Gasteiger partial charge in [0.15, 0.2) is 5.58 Å². The summed E-state index contributed by atoms with van der Waals surface area (Å²) in [6, 6.07) is 175. The molecule has 6 aliphatic carbocycles. The van der Waals surface area contributed by atoms with Crippen LogP contribution in [-0.4, -0.2) is 0 Å². The molecule has 4 spiro atoms. The molecule has 668 valence electrons. The molecule has 0 saturated carbocycles. The maximum atomic E-state index is 6.99. The lowest BCUT2D eigenvalue weighted by Crippen LogP contribution is -2.32. The first-order valence-corrected chi connectivity index (χ1v) is 51.3. The minimum Gasteiger partial charge on any atom is -0.457 e. The van der Waals surface area contributed by atoms with Gasteiger partial charge in [0.05, 0.1) is 44.4 Å². The van der Waals surface area contributed by atoms with Gasteiger partial charge < -0.3 is 28.1 Å². The van der Waals surface area contributed by atoms with Crippen LogP contribution in [-0.2, 0) is 21.7 Å². The molecule has 0 atom stereocenters. The first-order valence-electron chi connectivity index (χ1n) is 49.6. The van der Waals surface area contributed by atoms with Crippen LogP contribution in [0, 0.1) is 0 Å². The molecule has 0 radical (unpaired) electrons. The Balaban J connectivity index is 0.000000127. The fraction of sp³-hybridized carbons (Fsp3) is 0.0294. The van der Waals surface area contributed by atoms with Crippen LogP contribution in [0.2, 0.25) is 0 Å². The molecule has 6 nitrogen and oxygen atoms in total. The van der Waals surface area contributed by atoms with Crippen LogP contribution in [0.15, 0.2) is 482 Å². The topological polar surface area (TPSA) is 51.2 Å². The second kappa shape index (κ2) is 28.9. The highest BCUT2D eigenvalue weighted by atomic mass is 32.1. The molecule has 8 aliphatic rings. The molecule has 4 aromatic heterocycles. The molecular formula is C136H78N2O4S2. The van der Waals surface area contributed by atoms with E-state index in [4.69, 9.17) is 18.3 Å². The summed E-state index contributed by atoms with van der Waals surface area (Å²) < 4.78 is 32.1. The number of furan rings is 2. The molecule has 34 rings (SSSR count). The lowest BCUT2D eigenvalue weighted by Gasteiger charge is -2.39. The summed E-state index contributed by atoms with van der Waals surface area (Å²) in [6.07, 6.45) is 0. The number of benzene rings is 22. The van der Waals surface area contributed by atoms with Gasteiger partial charge in [-0.3, -0.25) is 0 Å². The van der Waals surface area contributed by atoms with Gasteiger partial charge in [0.1, 0.15) is 39.7 Å². The molecule has 0 bridgehead atoms. The van der Waals surface area contributed by atoms with E-state index in [1.54, 1.807) is 0 Å². The van der Waals surface area contributed by atoms with E-state index in [-0.39, 0.29) is 0 Å². The maximum Gasteiger partial charge on any atom is 0.159 e. The van der Waals surface area contributed by atoms with Gasteiger partial charge in [-0.25, -0.2) is 0 Å². The van der Waals surface area contributed by atoms with Crippen molar-refractivity contribution in [1.82, 2.24) is 0 Å². The molecule has 22 aromatic carbocycles. The molecule has 6 heterocycles. The van der Waals surface area contributed by atoms with E-state index < -0.39 is 21.7 Å². The maximum absolute atomic E-state index is 6.99. The number of ether oxygens (including phenoxy) is 2. The molecular weight excluding hydrogens is 1790 g/mol. The molecule has 0 N–H and O–H groups in total. The zero-order valence-electron chi connectivity index (χ0n) is 77.4. The van der Waals surface area contributed by atoms with Crippen molar-refractivity contribution in [1.29, 1.82) is 0 Å². The summed E-state index contributed by atoms with van der Waals surface area (Å²) in [5, 5.41) is 9.34. The number of anilines is 6. The van der Waals surface area contributed by atoms with Gasteiger partial charge in [-0.1, -0.05) is 346 Å². The van der Waals surface area contributed by atoms with Crippen molar-refractivity contribution in [3.8, 4) is 89.8 Å². The van der Waals surface area contributed by atoms with Crippen molar-refractivity contribution < 1.29 is 18.3 Å². The molecule has 0 fully saturated rings. The highest BCUT2D eigenvalue weighted by Gasteiger charge is 2.57. The molecule has 0 unspecified atom stereocenters. The van der Waals surface area contributed by atoms with Crippen molar-refractivity contribution in [2.24, 2.45) is 0 Å². The summed E-state index contributed by atoms with van der Waals surface area (Å²) >= 11 is 3.76. The number of nitrogens with zero attached hydrogens (tertiary/aromatic N) is 2. The van der Waals surface area contributed by atoms with Gasteiger partial charge in [0.2, 0.25) is 0 Å². The van der Waals surface area contributed by atoms with Gasteiger partial charge in [0.25, 0.3) is 0 Å². The second-order valence-corrected chi connectivity index (χ2v) is 41.6.